The van der Waals surface area contributed by atoms with E-state index in [-0.39, 0.29) is 24.5 Å². The van der Waals surface area contributed by atoms with Gasteiger partial charge in [-0.2, -0.15) is 0 Å². The minimum absolute atomic E-state index is 0.114. The molecule has 7 heteroatoms. The molecular weight excluding hydrogens is 292 g/mol. The van der Waals surface area contributed by atoms with Crippen LogP contribution in [0.4, 0.5) is 0 Å². The fraction of sp³-hybridized carbons (Fsp3) is 0.733. The third kappa shape index (κ3) is 1.76. The molecule has 1 aliphatic carbocycles. The van der Waals surface area contributed by atoms with Crippen molar-refractivity contribution >= 4 is 11.8 Å². The van der Waals surface area contributed by atoms with Gasteiger partial charge in [-0.3, -0.25) is 4.79 Å². The smallest absolute Gasteiger partial charge is 0.335 e. The summed E-state index contributed by atoms with van der Waals surface area (Å²) in [5, 5.41) is 30.6. The van der Waals surface area contributed by atoms with Crippen LogP contribution in [0.1, 0.15) is 20.3 Å². The number of hydrogen-bond acceptors (Lipinski definition) is 7. The maximum absolute atomic E-state index is 12.3. The summed E-state index contributed by atoms with van der Waals surface area (Å²) in [6.07, 6.45) is -0.896. The highest BCUT2D eigenvalue weighted by atomic mass is 16.7. The van der Waals surface area contributed by atoms with Crippen LogP contribution >= 0.6 is 0 Å². The van der Waals surface area contributed by atoms with Gasteiger partial charge in [-0.15, -0.1) is 0 Å². The predicted molar refractivity (Wildman–Crippen MR) is 72.3 cm³/mol. The Bertz CT molecular complexity index is 552. The number of rotatable bonds is 1. The molecule has 7 nitrogen and oxygen atoms in total. The minimum atomic E-state index is -1.85. The number of cyclic esters (lactones) is 1. The van der Waals surface area contributed by atoms with Crippen LogP contribution < -0.4 is 0 Å². The van der Waals surface area contributed by atoms with Crippen LogP contribution in [0.2, 0.25) is 0 Å². The molecule has 22 heavy (non-hydrogen) atoms. The lowest BCUT2D eigenvalue weighted by Gasteiger charge is -2.48. The molecule has 0 aromatic rings. The van der Waals surface area contributed by atoms with Crippen molar-refractivity contribution in [1.29, 1.82) is 0 Å². The highest BCUT2D eigenvalue weighted by Crippen LogP contribution is 2.59. The quantitative estimate of drug-likeness (QED) is 0.540. The number of hydrogen-bond donors (Lipinski definition) is 3. The normalized spacial score (nSPS) is 48.1. The maximum atomic E-state index is 12.3. The van der Waals surface area contributed by atoms with Gasteiger partial charge in [0.2, 0.25) is 0 Å². The number of esters is 1. The van der Waals surface area contributed by atoms with E-state index in [1.54, 1.807) is 0 Å². The lowest BCUT2D eigenvalue weighted by molar-refractivity contribution is -0.248. The van der Waals surface area contributed by atoms with Crippen molar-refractivity contribution in [2.75, 3.05) is 13.2 Å². The molecule has 2 fully saturated rings. The first-order valence-electron chi connectivity index (χ1n) is 7.35. The molecule has 0 aromatic carbocycles. The number of ether oxygens (including phenoxy) is 2. The third-order valence-electron chi connectivity index (χ3n) is 5.38. The van der Waals surface area contributed by atoms with Crippen LogP contribution in [0.25, 0.3) is 0 Å². The zero-order valence-electron chi connectivity index (χ0n) is 12.5. The van der Waals surface area contributed by atoms with E-state index in [9.17, 15) is 24.9 Å². The van der Waals surface area contributed by atoms with Crippen molar-refractivity contribution in [3.8, 4) is 0 Å². The summed E-state index contributed by atoms with van der Waals surface area (Å²) in [5.41, 5.74) is -1.21. The van der Waals surface area contributed by atoms with Gasteiger partial charge < -0.3 is 24.8 Å². The van der Waals surface area contributed by atoms with E-state index in [0.717, 1.165) is 0 Å². The number of ketones is 1. The number of aliphatic hydroxyl groups is 3. The van der Waals surface area contributed by atoms with E-state index >= 15 is 0 Å². The molecule has 2 heterocycles. The number of fused-ring (bicyclic) bond motifs is 2. The molecule has 0 aromatic heterocycles. The van der Waals surface area contributed by atoms with Gasteiger partial charge in [-0.05, 0) is 19.3 Å². The summed E-state index contributed by atoms with van der Waals surface area (Å²) in [6, 6.07) is 0. The Labute approximate surface area is 127 Å². The van der Waals surface area contributed by atoms with Gasteiger partial charge in [0.25, 0.3) is 0 Å². The summed E-state index contributed by atoms with van der Waals surface area (Å²) in [4.78, 5) is 24.3. The zero-order chi connectivity index (χ0) is 16.3. The Balaban J connectivity index is 2.12. The second kappa shape index (κ2) is 4.86. The molecule has 2 saturated heterocycles. The Morgan fingerprint density at radius 1 is 1.41 bits per heavy atom. The fourth-order valence-corrected chi connectivity index (χ4v) is 4.23. The molecule has 0 radical (unpaired) electrons. The van der Waals surface area contributed by atoms with Gasteiger partial charge in [0, 0.05) is 11.5 Å². The van der Waals surface area contributed by atoms with Crippen LogP contribution in [0.5, 0.6) is 0 Å². The molecule has 0 amide bonds. The van der Waals surface area contributed by atoms with E-state index in [1.165, 1.54) is 13.0 Å². The Morgan fingerprint density at radius 3 is 2.73 bits per heavy atom. The van der Waals surface area contributed by atoms with Gasteiger partial charge in [-0.25, -0.2) is 4.79 Å². The molecule has 122 valence electrons. The Kier molecular flexibility index (Phi) is 3.45. The van der Waals surface area contributed by atoms with Gasteiger partial charge >= 0.3 is 5.97 Å². The second-order valence-corrected chi connectivity index (χ2v) is 6.55. The standard InChI is InChI=1S/C15H20O7/c1-7-6-21-13(19)11-9(7)15(14(2,20)22-11)4-3-8(5-16)10(17)12(15)18/h3,7,9,11-12,16,18,20H,4-6H2,1-2H3/t7-,9+,11+,12-,14-,15+/m1/s1. The lowest BCUT2D eigenvalue weighted by atomic mass is 9.57. The monoisotopic (exact) mass is 312 g/mol. The highest BCUT2D eigenvalue weighted by molar-refractivity contribution is 6.00. The van der Waals surface area contributed by atoms with E-state index in [0.29, 0.717) is 0 Å². The molecular formula is C15H20O7. The zero-order valence-corrected chi connectivity index (χ0v) is 12.5. The van der Waals surface area contributed by atoms with E-state index in [2.05, 4.69) is 0 Å². The van der Waals surface area contributed by atoms with Crippen molar-refractivity contribution in [1.82, 2.24) is 0 Å². The van der Waals surface area contributed by atoms with Crippen molar-refractivity contribution < 1.29 is 34.4 Å². The molecule has 1 spiro atoms. The molecule has 2 aliphatic heterocycles. The van der Waals surface area contributed by atoms with Crippen LogP contribution in [0.3, 0.4) is 0 Å². The second-order valence-electron chi connectivity index (χ2n) is 6.55. The first-order chi connectivity index (χ1) is 10.3. The first-order valence-corrected chi connectivity index (χ1v) is 7.35. The van der Waals surface area contributed by atoms with Gasteiger partial charge in [0.15, 0.2) is 17.7 Å². The average molecular weight is 312 g/mol. The number of carbonyl (C=O) groups excluding carboxylic acids is 2. The summed E-state index contributed by atoms with van der Waals surface area (Å²) < 4.78 is 10.5. The average Bonchev–Trinajstić information content (AvgIpc) is 2.70. The maximum Gasteiger partial charge on any atom is 0.335 e. The van der Waals surface area contributed by atoms with Crippen LogP contribution in [0, 0.1) is 17.3 Å². The van der Waals surface area contributed by atoms with E-state index in [1.807, 2.05) is 6.92 Å². The molecule has 0 unspecified atom stereocenters. The fourth-order valence-electron chi connectivity index (χ4n) is 4.23. The Hall–Kier alpha value is -1.28. The third-order valence-corrected chi connectivity index (χ3v) is 5.38. The number of Topliss-reactive ketones (excluding diaryl/α,β-unsaturated/α-hetero) is 1. The molecule has 6 atom stereocenters. The summed E-state index contributed by atoms with van der Waals surface area (Å²) in [7, 11) is 0. The number of carbonyl (C=O) groups is 2. The van der Waals surface area contributed by atoms with Crippen molar-refractivity contribution in [2.45, 2.75) is 38.3 Å². The van der Waals surface area contributed by atoms with Crippen LogP contribution in [-0.4, -0.2) is 58.3 Å². The summed E-state index contributed by atoms with van der Waals surface area (Å²) >= 11 is 0. The predicted octanol–water partition coefficient (Wildman–Crippen LogP) is -0.858. The summed E-state index contributed by atoms with van der Waals surface area (Å²) in [5.74, 6) is -3.80. The van der Waals surface area contributed by atoms with Gasteiger partial charge in [0.1, 0.15) is 6.10 Å². The van der Waals surface area contributed by atoms with Crippen LogP contribution in [-0.2, 0) is 19.1 Å². The SMILES string of the molecule is C[C@@H]1COC(=O)[C@H]2O[C@@](C)(O)[C@@]3(CC=C(CO)C(=O)[C@H]3O)[C@@H]12. The highest BCUT2D eigenvalue weighted by Gasteiger charge is 2.71. The lowest BCUT2D eigenvalue weighted by Crippen LogP contribution is -2.60. The summed E-state index contributed by atoms with van der Waals surface area (Å²) in [6.45, 7) is 2.87. The van der Waals surface area contributed by atoms with Crippen molar-refractivity contribution in [3.63, 3.8) is 0 Å². The van der Waals surface area contributed by atoms with Crippen LogP contribution in [0.15, 0.2) is 11.6 Å². The molecule has 0 saturated carbocycles. The number of allylic oxidation sites excluding steroid dienone is 1. The molecule has 0 bridgehead atoms. The van der Waals surface area contributed by atoms with E-state index < -0.39 is 47.7 Å². The molecule has 3 N–H and O–H groups in total. The largest absolute Gasteiger partial charge is 0.463 e. The first kappa shape index (κ1) is 15.6. The van der Waals surface area contributed by atoms with E-state index in [4.69, 9.17) is 9.47 Å². The molecule has 3 aliphatic rings. The Morgan fingerprint density at radius 2 is 2.09 bits per heavy atom. The topological polar surface area (TPSA) is 113 Å². The van der Waals surface area contributed by atoms with Crippen molar-refractivity contribution in [3.05, 3.63) is 11.6 Å². The molecule has 3 rings (SSSR count). The van der Waals surface area contributed by atoms with Crippen molar-refractivity contribution in [2.24, 2.45) is 17.3 Å². The minimum Gasteiger partial charge on any atom is -0.463 e. The van der Waals surface area contributed by atoms with Gasteiger partial charge in [0.05, 0.1) is 18.6 Å². The number of aliphatic hydroxyl groups excluding tert-OH is 2. The van der Waals surface area contributed by atoms with Gasteiger partial charge in [-0.1, -0.05) is 13.0 Å².